The predicted octanol–water partition coefficient (Wildman–Crippen LogP) is 2.02. The van der Waals surface area contributed by atoms with Gasteiger partial charge < -0.3 is 4.42 Å². The van der Waals surface area contributed by atoms with E-state index in [1.807, 2.05) is 29.5 Å². The summed E-state index contributed by atoms with van der Waals surface area (Å²) in [5, 5.41) is 1.98. The Labute approximate surface area is 122 Å². The molecule has 0 saturated carbocycles. The zero-order valence-corrected chi connectivity index (χ0v) is 12.8. The molecule has 7 heteroatoms. The van der Waals surface area contributed by atoms with E-state index in [2.05, 4.69) is 4.98 Å². The van der Waals surface area contributed by atoms with Gasteiger partial charge in [-0.2, -0.15) is 0 Å². The number of oxazole rings is 1. The molecule has 0 aliphatic carbocycles. The van der Waals surface area contributed by atoms with Crippen molar-refractivity contribution in [1.29, 1.82) is 0 Å². The van der Waals surface area contributed by atoms with Gasteiger partial charge in [-0.1, -0.05) is 6.07 Å². The Morgan fingerprint density at radius 1 is 1.55 bits per heavy atom. The molecule has 3 rings (SSSR count). The van der Waals surface area contributed by atoms with Crippen LogP contribution in [0.5, 0.6) is 0 Å². The van der Waals surface area contributed by atoms with E-state index in [1.54, 1.807) is 17.6 Å². The highest BCUT2D eigenvalue weighted by Gasteiger charge is 2.30. The largest absolute Gasteiger partial charge is 0.444 e. The Kier molecular flexibility index (Phi) is 3.66. The van der Waals surface area contributed by atoms with E-state index in [9.17, 15) is 8.42 Å². The van der Waals surface area contributed by atoms with Gasteiger partial charge in [0.15, 0.2) is 9.84 Å². The van der Waals surface area contributed by atoms with Crippen molar-refractivity contribution in [2.75, 3.05) is 18.6 Å². The molecule has 2 aromatic heterocycles. The van der Waals surface area contributed by atoms with Crippen LogP contribution in [0, 0.1) is 0 Å². The molecule has 20 heavy (non-hydrogen) atoms. The van der Waals surface area contributed by atoms with Crippen LogP contribution in [0.2, 0.25) is 0 Å². The summed E-state index contributed by atoms with van der Waals surface area (Å²) in [6, 6.07) is 4.01. The summed E-state index contributed by atoms with van der Waals surface area (Å²) in [6.07, 6.45) is 2.35. The minimum Gasteiger partial charge on any atom is -0.444 e. The van der Waals surface area contributed by atoms with Crippen LogP contribution in [0.25, 0.3) is 10.8 Å². The van der Waals surface area contributed by atoms with E-state index in [4.69, 9.17) is 4.42 Å². The molecular weight excluding hydrogens is 296 g/mol. The Morgan fingerprint density at radius 2 is 2.40 bits per heavy atom. The third-order valence-electron chi connectivity index (χ3n) is 3.53. The molecule has 1 aliphatic heterocycles. The fourth-order valence-electron chi connectivity index (χ4n) is 2.40. The Balaban J connectivity index is 1.66. The second kappa shape index (κ2) is 5.31. The van der Waals surface area contributed by atoms with Crippen LogP contribution < -0.4 is 0 Å². The first-order valence-corrected chi connectivity index (χ1v) is 9.12. The summed E-state index contributed by atoms with van der Waals surface area (Å²) in [7, 11) is -0.911. The number of sulfone groups is 1. The summed E-state index contributed by atoms with van der Waals surface area (Å²) >= 11 is 1.58. The quantitative estimate of drug-likeness (QED) is 0.864. The average molecular weight is 312 g/mol. The molecule has 0 amide bonds. The fourth-order valence-corrected chi connectivity index (χ4v) is 4.86. The molecule has 0 aromatic carbocycles. The number of nitrogens with zero attached hydrogens (tertiary/aromatic N) is 2. The molecule has 5 nitrogen and oxygen atoms in total. The predicted molar refractivity (Wildman–Crippen MR) is 78.3 cm³/mol. The van der Waals surface area contributed by atoms with Crippen molar-refractivity contribution in [3.8, 4) is 10.8 Å². The maximum absolute atomic E-state index is 11.5. The lowest BCUT2D eigenvalue weighted by Gasteiger charge is -2.21. The lowest BCUT2D eigenvalue weighted by Crippen LogP contribution is -2.32. The van der Waals surface area contributed by atoms with Gasteiger partial charge in [0.05, 0.1) is 22.1 Å². The van der Waals surface area contributed by atoms with Crippen LogP contribution >= 0.6 is 11.3 Å². The molecule has 0 N–H and O–H groups in total. The highest BCUT2D eigenvalue weighted by Crippen LogP contribution is 2.24. The van der Waals surface area contributed by atoms with Crippen molar-refractivity contribution >= 4 is 21.2 Å². The monoisotopic (exact) mass is 312 g/mol. The van der Waals surface area contributed by atoms with E-state index >= 15 is 0 Å². The minimum atomic E-state index is -2.85. The normalized spacial score (nSPS) is 21.6. The van der Waals surface area contributed by atoms with Gasteiger partial charge in [0.2, 0.25) is 5.89 Å². The third kappa shape index (κ3) is 2.94. The second-order valence-corrected chi connectivity index (χ2v) is 8.27. The maximum Gasteiger partial charge on any atom is 0.236 e. The topological polar surface area (TPSA) is 63.4 Å². The van der Waals surface area contributed by atoms with Gasteiger partial charge in [0.1, 0.15) is 6.26 Å². The number of aromatic nitrogens is 1. The van der Waals surface area contributed by atoms with Crippen LogP contribution in [0.1, 0.15) is 12.1 Å². The summed E-state index contributed by atoms with van der Waals surface area (Å²) in [6.45, 7) is 0.606. The van der Waals surface area contributed by atoms with Crippen LogP contribution in [0.15, 0.2) is 28.2 Å². The van der Waals surface area contributed by atoms with Crippen LogP contribution in [0.3, 0.4) is 0 Å². The highest BCUT2D eigenvalue weighted by molar-refractivity contribution is 7.91. The van der Waals surface area contributed by atoms with Crippen LogP contribution in [-0.4, -0.2) is 42.9 Å². The molecule has 3 heterocycles. The summed E-state index contributed by atoms with van der Waals surface area (Å²) < 4.78 is 28.5. The molecule has 1 fully saturated rings. The van der Waals surface area contributed by atoms with Gasteiger partial charge in [-0.25, -0.2) is 13.4 Å². The van der Waals surface area contributed by atoms with Crippen molar-refractivity contribution in [2.45, 2.75) is 19.0 Å². The number of hydrogen-bond acceptors (Lipinski definition) is 6. The molecule has 0 spiro atoms. The average Bonchev–Trinajstić information content (AvgIpc) is 3.07. The van der Waals surface area contributed by atoms with Crippen molar-refractivity contribution in [3.05, 3.63) is 29.5 Å². The van der Waals surface area contributed by atoms with E-state index in [0.29, 0.717) is 24.6 Å². The summed E-state index contributed by atoms with van der Waals surface area (Å²) in [5.41, 5.74) is 0.834. The Hall–Kier alpha value is -1.18. The number of thiophene rings is 1. The van der Waals surface area contributed by atoms with Gasteiger partial charge in [-0.3, -0.25) is 4.90 Å². The van der Waals surface area contributed by atoms with Gasteiger partial charge in [0.25, 0.3) is 0 Å². The van der Waals surface area contributed by atoms with E-state index in [1.165, 1.54) is 0 Å². The summed E-state index contributed by atoms with van der Waals surface area (Å²) in [5.74, 6) is 1.17. The van der Waals surface area contributed by atoms with Gasteiger partial charge in [0, 0.05) is 12.6 Å². The number of hydrogen-bond donors (Lipinski definition) is 0. The standard InChI is InChI=1S/C13H16N2O3S2/c1-15(11-4-6-20(16,17)9-11)7-10-8-18-13(14-10)12-3-2-5-19-12/h2-3,5,8,11H,4,6-7,9H2,1H3. The zero-order valence-electron chi connectivity index (χ0n) is 11.2. The molecule has 1 aliphatic rings. The molecule has 2 aromatic rings. The lowest BCUT2D eigenvalue weighted by atomic mass is 10.2. The van der Waals surface area contributed by atoms with Gasteiger partial charge in [-0.05, 0) is 24.9 Å². The van der Waals surface area contributed by atoms with E-state index in [-0.39, 0.29) is 11.8 Å². The SMILES string of the molecule is CN(Cc1coc(-c2cccs2)n1)C1CCS(=O)(=O)C1. The molecule has 108 valence electrons. The van der Waals surface area contributed by atoms with Crippen LogP contribution in [-0.2, 0) is 16.4 Å². The van der Waals surface area contributed by atoms with E-state index < -0.39 is 9.84 Å². The number of rotatable bonds is 4. The second-order valence-electron chi connectivity index (χ2n) is 5.09. The molecular formula is C13H16N2O3S2. The fraction of sp³-hybridized carbons (Fsp3) is 0.462. The highest BCUT2D eigenvalue weighted by atomic mass is 32.2. The van der Waals surface area contributed by atoms with Crippen molar-refractivity contribution in [1.82, 2.24) is 9.88 Å². The van der Waals surface area contributed by atoms with Gasteiger partial charge >= 0.3 is 0 Å². The molecule has 1 unspecified atom stereocenters. The molecule has 0 radical (unpaired) electrons. The minimum absolute atomic E-state index is 0.0851. The lowest BCUT2D eigenvalue weighted by molar-refractivity contribution is 0.251. The zero-order chi connectivity index (χ0) is 14.2. The first kappa shape index (κ1) is 13.8. The molecule has 1 saturated heterocycles. The summed E-state index contributed by atoms with van der Waals surface area (Å²) in [4.78, 5) is 7.50. The Morgan fingerprint density at radius 3 is 3.05 bits per heavy atom. The first-order chi connectivity index (χ1) is 9.53. The maximum atomic E-state index is 11.5. The van der Waals surface area contributed by atoms with E-state index in [0.717, 1.165) is 10.6 Å². The van der Waals surface area contributed by atoms with Crippen LogP contribution in [0.4, 0.5) is 0 Å². The first-order valence-electron chi connectivity index (χ1n) is 6.42. The third-order valence-corrected chi connectivity index (χ3v) is 6.14. The van der Waals surface area contributed by atoms with Crippen molar-refractivity contribution < 1.29 is 12.8 Å². The Bertz CT molecular complexity index is 676. The molecule has 0 bridgehead atoms. The van der Waals surface area contributed by atoms with Crippen molar-refractivity contribution in [2.24, 2.45) is 0 Å². The molecule has 1 atom stereocenters. The van der Waals surface area contributed by atoms with Gasteiger partial charge in [-0.15, -0.1) is 11.3 Å². The smallest absolute Gasteiger partial charge is 0.236 e. The van der Waals surface area contributed by atoms with Crippen molar-refractivity contribution in [3.63, 3.8) is 0 Å².